The molecule has 0 radical (unpaired) electrons. The van der Waals surface area contributed by atoms with E-state index >= 15 is 0 Å². The molecule has 0 aromatic heterocycles. The molecule has 1 aromatic rings. The van der Waals surface area contributed by atoms with Crippen LogP contribution in [0.15, 0.2) is 29.2 Å². The van der Waals surface area contributed by atoms with Crippen molar-refractivity contribution in [1.82, 2.24) is 4.72 Å². The molecule has 5 heteroatoms. The number of anilines is 1. The Morgan fingerprint density at radius 3 is 2.35 bits per heavy atom. The number of rotatable bonds is 4. The molecule has 0 amide bonds. The predicted octanol–water partition coefficient (Wildman–Crippen LogP) is 1.74. The maximum absolute atomic E-state index is 12.0. The summed E-state index contributed by atoms with van der Waals surface area (Å²) in [4.78, 5) is 0.276. The average molecular weight is 254 g/mol. The van der Waals surface area contributed by atoms with Crippen LogP contribution in [-0.2, 0) is 10.0 Å². The van der Waals surface area contributed by atoms with Crippen molar-refractivity contribution in [3.63, 3.8) is 0 Å². The topological polar surface area (TPSA) is 72.2 Å². The standard InChI is InChI=1S/C12H18N2O2S/c1-9(10-3-2-4-10)14-17(15,16)12-7-5-11(13)6-8-12/h5-10,14H,2-4,13H2,1H3. The zero-order valence-electron chi connectivity index (χ0n) is 9.89. The van der Waals surface area contributed by atoms with Gasteiger partial charge in [0, 0.05) is 11.7 Å². The first-order valence-electron chi connectivity index (χ1n) is 5.87. The number of nitrogens with one attached hydrogen (secondary N) is 1. The van der Waals surface area contributed by atoms with E-state index in [2.05, 4.69) is 4.72 Å². The van der Waals surface area contributed by atoms with E-state index in [0.29, 0.717) is 11.6 Å². The van der Waals surface area contributed by atoms with Crippen LogP contribution in [-0.4, -0.2) is 14.5 Å². The number of sulfonamides is 1. The van der Waals surface area contributed by atoms with Crippen LogP contribution < -0.4 is 10.5 Å². The summed E-state index contributed by atoms with van der Waals surface area (Å²) in [5, 5.41) is 0. The molecule has 94 valence electrons. The van der Waals surface area contributed by atoms with Gasteiger partial charge in [-0.25, -0.2) is 13.1 Å². The summed E-state index contributed by atoms with van der Waals surface area (Å²) in [6.45, 7) is 1.93. The molecule has 0 heterocycles. The van der Waals surface area contributed by atoms with Crippen LogP contribution >= 0.6 is 0 Å². The Labute approximate surface area is 102 Å². The predicted molar refractivity (Wildman–Crippen MR) is 68.0 cm³/mol. The summed E-state index contributed by atoms with van der Waals surface area (Å²) >= 11 is 0. The lowest BCUT2D eigenvalue weighted by molar-refractivity contribution is 0.260. The highest BCUT2D eigenvalue weighted by Gasteiger charge is 2.27. The molecule has 0 bridgehead atoms. The van der Waals surface area contributed by atoms with E-state index in [1.165, 1.54) is 18.6 Å². The van der Waals surface area contributed by atoms with E-state index < -0.39 is 10.0 Å². The smallest absolute Gasteiger partial charge is 0.240 e. The van der Waals surface area contributed by atoms with E-state index in [1.807, 2.05) is 6.92 Å². The quantitative estimate of drug-likeness (QED) is 0.804. The highest BCUT2D eigenvalue weighted by molar-refractivity contribution is 7.89. The van der Waals surface area contributed by atoms with Crippen molar-refractivity contribution in [2.45, 2.75) is 37.1 Å². The molecule has 0 aliphatic heterocycles. The molecule has 1 aliphatic rings. The van der Waals surface area contributed by atoms with Crippen molar-refractivity contribution in [2.75, 3.05) is 5.73 Å². The zero-order valence-corrected chi connectivity index (χ0v) is 10.7. The maximum Gasteiger partial charge on any atom is 0.240 e. The van der Waals surface area contributed by atoms with E-state index in [0.717, 1.165) is 12.8 Å². The third-order valence-electron chi connectivity index (χ3n) is 3.39. The van der Waals surface area contributed by atoms with Gasteiger partial charge in [-0.15, -0.1) is 0 Å². The van der Waals surface area contributed by atoms with Gasteiger partial charge in [-0.1, -0.05) is 6.42 Å². The summed E-state index contributed by atoms with van der Waals surface area (Å²) in [5.41, 5.74) is 6.10. The van der Waals surface area contributed by atoms with Crippen molar-refractivity contribution in [3.8, 4) is 0 Å². The first-order chi connectivity index (χ1) is 7.99. The van der Waals surface area contributed by atoms with Crippen LogP contribution in [0, 0.1) is 5.92 Å². The first kappa shape index (κ1) is 12.4. The van der Waals surface area contributed by atoms with Gasteiger partial charge >= 0.3 is 0 Å². The summed E-state index contributed by atoms with van der Waals surface area (Å²) in [7, 11) is -3.40. The van der Waals surface area contributed by atoms with Crippen molar-refractivity contribution in [2.24, 2.45) is 5.92 Å². The highest BCUT2D eigenvalue weighted by atomic mass is 32.2. The normalized spacial score (nSPS) is 18.6. The van der Waals surface area contributed by atoms with E-state index in [4.69, 9.17) is 5.73 Å². The summed E-state index contributed by atoms with van der Waals surface area (Å²) in [5.74, 6) is 0.485. The van der Waals surface area contributed by atoms with Gasteiger partial charge in [-0.2, -0.15) is 0 Å². The van der Waals surface area contributed by atoms with Gasteiger partial charge in [0.05, 0.1) is 4.90 Å². The Morgan fingerprint density at radius 2 is 1.88 bits per heavy atom. The first-order valence-corrected chi connectivity index (χ1v) is 7.35. The van der Waals surface area contributed by atoms with Gasteiger partial charge in [-0.05, 0) is 49.9 Å². The Morgan fingerprint density at radius 1 is 1.29 bits per heavy atom. The molecule has 1 unspecified atom stereocenters. The lowest BCUT2D eigenvalue weighted by Gasteiger charge is -2.31. The SMILES string of the molecule is CC(NS(=O)(=O)c1ccc(N)cc1)C1CCC1. The largest absolute Gasteiger partial charge is 0.399 e. The van der Waals surface area contributed by atoms with Crippen molar-refractivity contribution in [1.29, 1.82) is 0 Å². The minimum Gasteiger partial charge on any atom is -0.399 e. The van der Waals surface area contributed by atoms with Gasteiger partial charge in [0.1, 0.15) is 0 Å². The van der Waals surface area contributed by atoms with E-state index in [-0.39, 0.29) is 10.9 Å². The highest BCUT2D eigenvalue weighted by Crippen LogP contribution is 2.30. The molecule has 1 aliphatic carbocycles. The molecule has 1 aromatic carbocycles. The number of nitrogens with two attached hydrogens (primary N) is 1. The van der Waals surface area contributed by atoms with Crippen molar-refractivity contribution < 1.29 is 8.42 Å². The lowest BCUT2D eigenvalue weighted by Crippen LogP contribution is -2.40. The Balaban J connectivity index is 2.10. The molecule has 4 nitrogen and oxygen atoms in total. The maximum atomic E-state index is 12.0. The number of hydrogen-bond acceptors (Lipinski definition) is 3. The van der Waals surface area contributed by atoms with E-state index in [1.54, 1.807) is 12.1 Å². The van der Waals surface area contributed by atoms with Crippen LogP contribution in [0.3, 0.4) is 0 Å². The van der Waals surface area contributed by atoms with Crippen LogP contribution in [0.1, 0.15) is 26.2 Å². The molecule has 1 saturated carbocycles. The number of benzene rings is 1. The van der Waals surface area contributed by atoms with Gasteiger partial charge in [-0.3, -0.25) is 0 Å². The van der Waals surface area contributed by atoms with Crippen molar-refractivity contribution in [3.05, 3.63) is 24.3 Å². The molecule has 2 rings (SSSR count). The minimum absolute atomic E-state index is 0.00584. The minimum atomic E-state index is -3.40. The molecular weight excluding hydrogens is 236 g/mol. The van der Waals surface area contributed by atoms with Crippen LogP contribution in [0.25, 0.3) is 0 Å². The molecule has 0 spiro atoms. The van der Waals surface area contributed by atoms with Crippen LogP contribution in [0.2, 0.25) is 0 Å². The Kier molecular flexibility index (Phi) is 3.40. The third-order valence-corrected chi connectivity index (χ3v) is 4.96. The van der Waals surface area contributed by atoms with Gasteiger partial charge in [0.15, 0.2) is 0 Å². The number of hydrogen-bond donors (Lipinski definition) is 2. The fourth-order valence-corrected chi connectivity index (χ4v) is 3.31. The third kappa shape index (κ3) is 2.79. The second-order valence-corrected chi connectivity index (χ2v) is 6.38. The Hall–Kier alpha value is -1.07. The second-order valence-electron chi connectivity index (χ2n) is 4.67. The van der Waals surface area contributed by atoms with Gasteiger partial charge in [0.25, 0.3) is 0 Å². The van der Waals surface area contributed by atoms with Crippen LogP contribution in [0.5, 0.6) is 0 Å². The van der Waals surface area contributed by atoms with Crippen LogP contribution in [0.4, 0.5) is 5.69 Å². The average Bonchev–Trinajstić information content (AvgIpc) is 2.14. The summed E-state index contributed by atoms with van der Waals surface area (Å²) in [6.07, 6.45) is 3.44. The monoisotopic (exact) mass is 254 g/mol. The molecular formula is C12H18N2O2S. The second kappa shape index (κ2) is 4.66. The molecule has 1 fully saturated rings. The van der Waals surface area contributed by atoms with Crippen molar-refractivity contribution >= 4 is 15.7 Å². The summed E-state index contributed by atoms with van der Waals surface area (Å²) < 4.78 is 26.8. The fourth-order valence-electron chi connectivity index (χ4n) is 2.00. The molecule has 3 N–H and O–H groups in total. The molecule has 1 atom stereocenters. The number of nitrogen functional groups attached to an aromatic ring is 1. The molecule has 0 saturated heterocycles. The van der Waals surface area contributed by atoms with Gasteiger partial charge < -0.3 is 5.73 Å². The fraction of sp³-hybridized carbons (Fsp3) is 0.500. The zero-order chi connectivity index (χ0) is 12.5. The molecule has 17 heavy (non-hydrogen) atoms. The Bertz CT molecular complexity index is 478. The lowest BCUT2D eigenvalue weighted by atomic mass is 9.81. The summed E-state index contributed by atoms with van der Waals surface area (Å²) in [6, 6.07) is 6.27. The van der Waals surface area contributed by atoms with Gasteiger partial charge in [0.2, 0.25) is 10.0 Å². The van der Waals surface area contributed by atoms with E-state index in [9.17, 15) is 8.42 Å².